The van der Waals surface area contributed by atoms with Gasteiger partial charge in [0.25, 0.3) is 5.91 Å². The maximum absolute atomic E-state index is 12.3. The van der Waals surface area contributed by atoms with E-state index in [2.05, 4.69) is 15.3 Å². The summed E-state index contributed by atoms with van der Waals surface area (Å²) in [5.41, 5.74) is 4.70. The van der Waals surface area contributed by atoms with Crippen LogP contribution in [0.15, 0.2) is 60.8 Å². The molecule has 28 heavy (non-hydrogen) atoms. The molecule has 0 radical (unpaired) electrons. The average Bonchev–Trinajstić information content (AvgIpc) is 3.14. The number of hydrogen-bond acceptors (Lipinski definition) is 5. The second-order valence-electron chi connectivity index (χ2n) is 6.46. The molecule has 0 saturated carbocycles. The van der Waals surface area contributed by atoms with Gasteiger partial charge in [0.1, 0.15) is 21.1 Å². The Labute approximate surface area is 167 Å². The molecular weight excluding hydrogens is 370 g/mol. The Hall–Kier alpha value is -3.25. The highest BCUT2D eigenvalue weighted by atomic mass is 32.1. The highest BCUT2D eigenvalue weighted by Gasteiger charge is 2.10. The predicted molar refractivity (Wildman–Crippen MR) is 113 cm³/mol. The number of benzene rings is 2. The van der Waals surface area contributed by atoms with Crippen LogP contribution in [0.4, 0.5) is 5.69 Å². The molecule has 1 amide bonds. The third-order valence-electron chi connectivity index (χ3n) is 4.47. The molecular formula is C22H19N3O2S. The van der Waals surface area contributed by atoms with Crippen molar-refractivity contribution in [3.63, 3.8) is 0 Å². The molecule has 4 aromatic rings. The Balaban J connectivity index is 1.45. The van der Waals surface area contributed by atoms with Crippen molar-refractivity contribution in [1.29, 1.82) is 0 Å². The van der Waals surface area contributed by atoms with Crippen molar-refractivity contribution in [3.05, 3.63) is 71.9 Å². The van der Waals surface area contributed by atoms with Gasteiger partial charge in [0.2, 0.25) is 0 Å². The Bertz CT molecular complexity index is 1120. The van der Waals surface area contributed by atoms with Gasteiger partial charge < -0.3 is 10.1 Å². The van der Waals surface area contributed by atoms with Crippen molar-refractivity contribution in [2.45, 2.75) is 13.8 Å². The minimum absolute atomic E-state index is 0.0421. The highest BCUT2D eigenvalue weighted by Crippen LogP contribution is 2.30. The maximum atomic E-state index is 12.3. The van der Waals surface area contributed by atoms with E-state index in [1.807, 2.05) is 68.4 Å². The summed E-state index contributed by atoms with van der Waals surface area (Å²) < 4.78 is 5.68. The van der Waals surface area contributed by atoms with E-state index in [0.717, 1.165) is 37.8 Å². The van der Waals surface area contributed by atoms with E-state index in [0.29, 0.717) is 5.69 Å². The summed E-state index contributed by atoms with van der Waals surface area (Å²) >= 11 is 1.53. The largest absolute Gasteiger partial charge is 0.483 e. The molecule has 1 N–H and O–H groups in total. The van der Waals surface area contributed by atoms with Crippen LogP contribution in [-0.2, 0) is 4.79 Å². The molecule has 0 saturated heterocycles. The maximum Gasteiger partial charge on any atom is 0.262 e. The van der Waals surface area contributed by atoms with Gasteiger partial charge in [-0.25, -0.2) is 9.97 Å². The number of pyridine rings is 1. The molecule has 0 aliphatic rings. The number of carbonyl (C=O) groups is 1. The van der Waals surface area contributed by atoms with Crippen LogP contribution in [-0.4, -0.2) is 22.5 Å². The SMILES string of the molecule is Cc1cccc(OCC(=O)Nc2cccc(-c3nc4cccnc4s3)c2)c1C. The first kappa shape index (κ1) is 18.1. The van der Waals surface area contributed by atoms with Gasteiger partial charge in [-0.1, -0.05) is 35.6 Å². The second-order valence-corrected chi connectivity index (χ2v) is 7.44. The van der Waals surface area contributed by atoms with Gasteiger partial charge in [0.15, 0.2) is 6.61 Å². The van der Waals surface area contributed by atoms with Crippen LogP contribution in [0.1, 0.15) is 11.1 Å². The van der Waals surface area contributed by atoms with E-state index in [1.54, 1.807) is 6.20 Å². The molecule has 0 spiro atoms. The molecule has 140 valence electrons. The number of aromatic nitrogens is 2. The lowest BCUT2D eigenvalue weighted by Gasteiger charge is -2.11. The Morgan fingerprint density at radius 2 is 1.96 bits per heavy atom. The van der Waals surface area contributed by atoms with Crippen molar-refractivity contribution in [2.24, 2.45) is 0 Å². The fourth-order valence-electron chi connectivity index (χ4n) is 2.84. The third kappa shape index (κ3) is 3.87. The first-order chi connectivity index (χ1) is 13.6. The standard InChI is InChI=1S/C22H19N3O2S/c1-14-6-3-10-19(15(14)2)27-13-20(26)24-17-8-4-7-16(12-17)21-25-18-9-5-11-23-22(18)28-21/h3-12H,13H2,1-2H3,(H,24,26). The summed E-state index contributed by atoms with van der Waals surface area (Å²) in [6.07, 6.45) is 1.76. The number of ether oxygens (including phenoxy) is 1. The van der Waals surface area contributed by atoms with E-state index in [1.165, 1.54) is 11.3 Å². The summed E-state index contributed by atoms with van der Waals surface area (Å²) in [5, 5.41) is 3.76. The van der Waals surface area contributed by atoms with Crippen LogP contribution in [0.5, 0.6) is 5.75 Å². The number of fused-ring (bicyclic) bond motifs is 1. The molecule has 0 aliphatic carbocycles. The lowest BCUT2D eigenvalue weighted by Crippen LogP contribution is -2.20. The van der Waals surface area contributed by atoms with Crippen molar-refractivity contribution in [1.82, 2.24) is 9.97 Å². The number of carbonyl (C=O) groups excluding carboxylic acids is 1. The van der Waals surface area contributed by atoms with Crippen LogP contribution in [0.3, 0.4) is 0 Å². The molecule has 0 fully saturated rings. The zero-order valence-electron chi connectivity index (χ0n) is 15.6. The number of rotatable bonds is 5. The number of thiazole rings is 1. The quantitative estimate of drug-likeness (QED) is 0.522. The minimum Gasteiger partial charge on any atom is -0.483 e. The average molecular weight is 389 g/mol. The summed E-state index contributed by atoms with van der Waals surface area (Å²) in [6, 6.07) is 17.3. The molecule has 2 aromatic heterocycles. The van der Waals surface area contributed by atoms with Crippen molar-refractivity contribution < 1.29 is 9.53 Å². The van der Waals surface area contributed by atoms with E-state index >= 15 is 0 Å². The molecule has 0 aliphatic heterocycles. The molecule has 2 aromatic carbocycles. The molecule has 2 heterocycles. The van der Waals surface area contributed by atoms with Crippen molar-refractivity contribution in [3.8, 4) is 16.3 Å². The normalized spacial score (nSPS) is 10.8. The van der Waals surface area contributed by atoms with Gasteiger partial charge >= 0.3 is 0 Å². The van der Waals surface area contributed by atoms with Gasteiger partial charge in [0.05, 0.1) is 0 Å². The van der Waals surface area contributed by atoms with Gasteiger partial charge in [0, 0.05) is 17.4 Å². The molecule has 4 rings (SSSR count). The molecule has 5 nitrogen and oxygen atoms in total. The smallest absolute Gasteiger partial charge is 0.262 e. The molecule has 0 atom stereocenters. The molecule has 0 unspecified atom stereocenters. The highest BCUT2D eigenvalue weighted by molar-refractivity contribution is 7.21. The number of nitrogens with one attached hydrogen (secondary N) is 1. The van der Waals surface area contributed by atoms with E-state index in [9.17, 15) is 4.79 Å². The van der Waals surface area contributed by atoms with Crippen LogP contribution in [0.2, 0.25) is 0 Å². The van der Waals surface area contributed by atoms with Crippen molar-refractivity contribution >= 4 is 33.3 Å². The van der Waals surface area contributed by atoms with E-state index < -0.39 is 0 Å². The molecule has 6 heteroatoms. The van der Waals surface area contributed by atoms with Gasteiger partial charge in [-0.3, -0.25) is 4.79 Å². The van der Waals surface area contributed by atoms with Gasteiger partial charge in [-0.15, -0.1) is 0 Å². The topological polar surface area (TPSA) is 64.1 Å². The Morgan fingerprint density at radius 1 is 1.11 bits per heavy atom. The lowest BCUT2D eigenvalue weighted by molar-refractivity contribution is -0.118. The molecule has 0 bridgehead atoms. The van der Waals surface area contributed by atoms with E-state index in [-0.39, 0.29) is 12.5 Å². The zero-order chi connectivity index (χ0) is 19.5. The van der Waals surface area contributed by atoms with Gasteiger partial charge in [-0.05, 0) is 55.3 Å². The first-order valence-electron chi connectivity index (χ1n) is 8.91. The Morgan fingerprint density at radius 3 is 2.82 bits per heavy atom. The number of aryl methyl sites for hydroxylation is 1. The van der Waals surface area contributed by atoms with E-state index in [4.69, 9.17) is 4.74 Å². The summed E-state index contributed by atoms with van der Waals surface area (Å²) in [4.78, 5) is 22.2. The summed E-state index contributed by atoms with van der Waals surface area (Å²) in [6.45, 7) is 3.96. The number of anilines is 1. The van der Waals surface area contributed by atoms with Crippen LogP contribution >= 0.6 is 11.3 Å². The van der Waals surface area contributed by atoms with Crippen LogP contribution in [0.25, 0.3) is 20.9 Å². The van der Waals surface area contributed by atoms with Crippen LogP contribution in [0, 0.1) is 13.8 Å². The summed E-state index contributed by atoms with van der Waals surface area (Å²) in [5.74, 6) is 0.523. The summed E-state index contributed by atoms with van der Waals surface area (Å²) in [7, 11) is 0. The predicted octanol–water partition coefficient (Wildman–Crippen LogP) is 4.99. The first-order valence-corrected chi connectivity index (χ1v) is 9.72. The Kier molecular flexibility index (Phi) is 5.04. The third-order valence-corrected chi connectivity index (χ3v) is 5.50. The monoisotopic (exact) mass is 389 g/mol. The zero-order valence-corrected chi connectivity index (χ0v) is 16.4. The fraction of sp³-hybridized carbons (Fsp3) is 0.136. The van der Waals surface area contributed by atoms with Crippen molar-refractivity contribution in [2.75, 3.05) is 11.9 Å². The fourth-order valence-corrected chi connectivity index (χ4v) is 3.75. The number of hydrogen-bond donors (Lipinski definition) is 1. The number of amides is 1. The number of nitrogens with zero attached hydrogens (tertiary/aromatic N) is 2. The van der Waals surface area contributed by atoms with Crippen LogP contribution < -0.4 is 10.1 Å². The lowest BCUT2D eigenvalue weighted by atomic mass is 10.1. The van der Waals surface area contributed by atoms with Gasteiger partial charge in [-0.2, -0.15) is 0 Å². The second kappa shape index (κ2) is 7.78. The minimum atomic E-state index is -0.205.